The quantitative estimate of drug-likeness (QED) is 0.486. The highest BCUT2D eigenvalue weighted by molar-refractivity contribution is 4.83. The van der Waals surface area contributed by atoms with Gasteiger partial charge in [-0.2, -0.15) is 0 Å². The molecule has 0 N–H and O–H groups in total. The molecule has 1 aliphatic rings. The molecule has 1 heterocycles. The highest BCUT2D eigenvalue weighted by Crippen LogP contribution is 2.33. The normalized spacial score (nSPS) is 41.3. The molecule has 9 heavy (non-hydrogen) atoms. The van der Waals surface area contributed by atoms with Crippen molar-refractivity contribution in [2.24, 2.45) is 5.92 Å². The van der Waals surface area contributed by atoms with Gasteiger partial charge in [0, 0.05) is 0 Å². The van der Waals surface area contributed by atoms with Crippen LogP contribution in [0.25, 0.3) is 0 Å². The SMILES string of the molecule is CC1CC(C)(C)OC1C. The molecule has 0 aliphatic carbocycles. The number of hydrogen-bond donors (Lipinski definition) is 0. The van der Waals surface area contributed by atoms with Crippen LogP contribution in [0.5, 0.6) is 0 Å². The van der Waals surface area contributed by atoms with Crippen molar-refractivity contribution in [3.63, 3.8) is 0 Å². The Bertz CT molecular complexity index is 95.1. The Labute approximate surface area is 57.4 Å². The molecule has 1 heteroatoms. The van der Waals surface area contributed by atoms with Gasteiger partial charge in [-0.25, -0.2) is 0 Å². The summed E-state index contributed by atoms with van der Waals surface area (Å²) in [7, 11) is 0. The maximum absolute atomic E-state index is 5.66. The lowest BCUT2D eigenvalue weighted by Crippen LogP contribution is -2.18. The summed E-state index contributed by atoms with van der Waals surface area (Å²) in [6.07, 6.45) is 1.66. The predicted molar refractivity (Wildman–Crippen MR) is 38.4 cm³/mol. The van der Waals surface area contributed by atoms with Gasteiger partial charge in [-0.3, -0.25) is 0 Å². The minimum atomic E-state index is 0.138. The van der Waals surface area contributed by atoms with E-state index >= 15 is 0 Å². The average molecular weight is 128 g/mol. The van der Waals surface area contributed by atoms with Crippen LogP contribution in [0.3, 0.4) is 0 Å². The van der Waals surface area contributed by atoms with Gasteiger partial charge in [-0.1, -0.05) is 6.92 Å². The second-order valence-corrected chi connectivity index (χ2v) is 3.76. The molecule has 1 saturated heterocycles. The highest BCUT2D eigenvalue weighted by atomic mass is 16.5. The summed E-state index contributed by atoms with van der Waals surface area (Å²) < 4.78 is 5.66. The van der Waals surface area contributed by atoms with Crippen molar-refractivity contribution < 1.29 is 4.74 Å². The molecule has 1 rings (SSSR count). The van der Waals surface area contributed by atoms with Gasteiger partial charge in [0.1, 0.15) is 0 Å². The molecule has 0 radical (unpaired) electrons. The number of hydrogen-bond acceptors (Lipinski definition) is 1. The van der Waals surface area contributed by atoms with E-state index in [-0.39, 0.29) is 5.60 Å². The van der Waals surface area contributed by atoms with Crippen molar-refractivity contribution in [1.29, 1.82) is 0 Å². The molecule has 1 aliphatic heterocycles. The monoisotopic (exact) mass is 128 g/mol. The highest BCUT2D eigenvalue weighted by Gasteiger charge is 2.34. The van der Waals surface area contributed by atoms with Crippen LogP contribution in [0.4, 0.5) is 0 Å². The van der Waals surface area contributed by atoms with E-state index in [1.807, 2.05) is 0 Å². The zero-order valence-electron chi connectivity index (χ0n) is 6.77. The molecular weight excluding hydrogens is 112 g/mol. The molecule has 54 valence electrons. The third-order valence-corrected chi connectivity index (χ3v) is 2.12. The van der Waals surface area contributed by atoms with E-state index in [0.717, 1.165) is 5.92 Å². The Kier molecular flexibility index (Phi) is 1.55. The Morgan fingerprint density at radius 3 is 2.00 bits per heavy atom. The lowest BCUT2D eigenvalue weighted by Gasteiger charge is -2.16. The topological polar surface area (TPSA) is 9.23 Å². The summed E-state index contributed by atoms with van der Waals surface area (Å²) >= 11 is 0. The van der Waals surface area contributed by atoms with Crippen LogP contribution >= 0.6 is 0 Å². The van der Waals surface area contributed by atoms with Gasteiger partial charge >= 0.3 is 0 Å². The first-order chi connectivity index (χ1) is 4.01. The molecule has 0 spiro atoms. The fourth-order valence-electron chi connectivity index (χ4n) is 1.61. The van der Waals surface area contributed by atoms with E-state index in [1.54, 1.807) is 0 Å². The van der Waals surface area contributed by atoms with E-state index in [4.69, 9.17) is 4.74 Å². The van der Waals surface area contributed by atoms with Gasteiger partial charge in [0.2, 0.25) is 0 Å². The van der Waals surface area contributed by atoms with Crippen LogP contribution in [0.1, 0.15) is 34.1 Å². The lowest BCUT2D eigenvalue weighted by molar-refractivity contribution is -0.0109. The largest absolute Gasteiger partial charge is 0.372 e. The van der Waals surface area contributed by atoms with E-state index in [9.17, 15) is 0 Å². The molecule has 2 atom stereocenters. The zero-order chi connectivity index (χ0) is 7.07. The van der Waals surface area contributed by atoms with Crippen LogP contribution in [0.15, 0.2) is 0 Å². The van der Waals surface area contributed by atoms with E-state index < -0.39 is 0 Å². The van der Waals surface area contributed by atoms with Crippen LogP contribution in [0.2, 0.25) is 0 Å². The van der Waals surface area contributed by atoms with E-state index in [1.165, 1.54) is 6.42 Å². The average Bonchev–Trinajstić information content (AvgIpc) is 1.79. The summed E-state index contributed by atoms with van der Waals surface area (Å²) in [5.41, 5.74) is 0.138. The summed E-state index contributed by atoms with van der Waals surface area (Å²) in [6.45, 7) is 8.72. The standard InChI is InChI=1S/C8H16O/c1-6-5-8(3,4)9-7(6)2/h6-7H,5H2,1-4H3. The second-order valence-electron chi connectivity index (χ2n) is 3.76. The van der Waals surface area contributed by atoms with Gasteiger partial charge < -0.3 is 4.74 Å². The molecule has 2 unspecified atom stereocenters. The van der Waals surface area contributed by atoms with Crippen molar-refractivity contribution in [3.05, 3.63) is 0 Å². The van der Waals surface area contributed by atoms with Gasteiger partial charge in [-0.15, -0.1) is 0 Å². The fraction of sp³-hybridized carbons (Fsp3) is 1.00. The molecule has 0 aromatic carbocycles. The molecule has 0 aromatic heterocycles. The third-order valence-electron chi connectivity index (χ3n) is 2.12. The molecule has 0 saturated carbocycles. The maximum atomic E-state index is 5.66. The first-order valence-corrected chi connectivity index (χ1v) is 3.69. The lowest BCUT2D eigenvalue weighted by atomic mass is 9.97. The van der Waals surface area contributed by atoms with Crippen molar-refractivity contribution in [3.8, 4) is 0 Å². The van der Waals surface area contributed by atoms with Crippen LogP contribution in [-0.2, 0) is 4.74 Å². The fourth-order valence-corrected chi connectivity index (χ4v) is 1.61. The summed E-state index contributed by atoms with van der Waals surface area (Å²) in [5.74, 6) is 0.736. The maximum Gasteiger partial charge on any atom is 0.0633 e. The van der Waals surface area contributed by atoms with Crippen LogP contribution < -0.4 is 0 Å². The summed E-state index contributed by atoms with van der Waals surface area (Å²) in [4.78, 5) is 0. The zero-order valence-corrected chi connectivity index (χ0v) is 6.77. The van der Waals surface area contributed by atoms with E-state index in [2.05, 4.69) is 27.7 Å². The Balaban J connectivity index is 2.54. The van der Waals surface area contributed by atoms with Crippen LogP contribution in [0, 0.1) is 5.92 Å². The number of ether oxygens (including phenoxy) is 1. The van der Waals surface area contributed by atoms with Crippen molar-refractivity contribution in [1.82, 2.24) is 0 Å². The van der Waals surface area contributed by atoms with Crippen LogP contribution in [-0.4, -0.2) is 11.7 Å². The Morgan fingerprint density at radius 1 is 1.33 bits per heavy atom. The second kappa shape index (κ2) is 1.98. The molecule has 1 fully saturated rings. The minimum absolute atomic E-state index is 0.138. The first kappa shape index (κ1) is 7.07. The van der Waals surface area contributed by atoms with Crippen molar-refractivity contribution >= 4 is 0 Å². The summed E-state index contributed by atoms with van der Waals surface area (Å²) in [5, 5.41) is 0. The minimum Gasteiger partial charge on any atom is -0.372 e. The van der Waals surface area contributed by atoms with Gasteiger partial charge in [-0.05, 0) is 33.1 Å². The van der Waals surface area contributed by atoms with Gasteiger partial charge in [0.15, 0.2) is 0 Å². The smallest absolute Gasteiger partial charge is 0.0633 e. The molecule has 0 bridgehead atoms. The molecule has 1 nitrogen and oxygen atoms in total. The molecule has 0 amide bonds. The molecular formula is C8H16O. The van der Waals surface area contributed by atoms with Crippen molar-refractivity contribution in [2.75, 3.05) is 0 Å². The summed E-state index contributed by atoms with van der Waals surface area (Å²) in [6, 6.07) is 0. The number of rotatable bonds is 0. The third kappa shape index (κ3) is 1.45. The van der Waals surface area contributed by atoms with Gasteiger partial charge in [0.25, 0.3) is 0 Å². The van der Waals surface area contributed by atoms with Crippen molar-refractivity contribution in [2.45, 2.75) is 45.8 Å². The molecule has 0 aromatic rings. The van der Waals surface area contributed by atoms with E-state index in [0.29, 0.717) is 6.10 Å². The van der Waals surface area contributed by atoms with Gasteiger partial charge in [0.05, 0.1) is 11.7 Å². The predicted octanol–water partition coefficient (Wildman–Crippen LogP) is 2.21. The Morgan fingerprint density at radius 2 is 1.89 bits per heavy atom. The first-order valence-electron chi connectivity index (χ1n) is 3.69. The Hall–Kier alpha value is -0.0400.